The molecule has 0 N–H and O–H groups in total. The lowest BCUT2D eigenvalue weighted by atomic mass is 10.2. The minimum Gasteiger partial charge on any atom is -0.244 e. The molecule has 0 amide bonds. The molecule has 0 saturated carbocycles. The van der Waals surface area contributed by atoms with Crippen molar-refractivity contribution < 1.29 is 12.8 Å². The van der Waals surface area contributed by atoms with Gasteiger partial charge >= 0.3 is 10.2 Å². The number of benzene rings is 1. The summed E-state index contributed by atoms with van der Waals surface area (Å²) in [7, 11) is -2.15. The van der Waals surface area contributed by atoms with Crippen LogP contribution in [0.4, 0.5) is 4.39 Å². The molecule has 1 heterocycles. The van der Waals surface area contributed by atoms with E-state index in [0.717, 1.165) is 3.97 Å². The van der Waals surface area contributed by atoms with Crippen LogP contribution in [0, 0.1) is 5.82 Å². The summed E-state index contributed by atoms with van der Waals surface area (Å²) < 4.78 is 39.0. The number of imidazole rings is 1. The van der Waals surface area contributed by atoms with Crippen LogP contribution >= 0.6 is 0 Å². The molecule has 0 atom stereocenters. The van der Waals surface area contributed by atoms with Gasteiger partial charge in [0.1, 0.15) is 12.1 Å². The molecule has 0 aliphatic rings. The Morgan fingerprint density at radius 3 is 2.56 bits per heavy atom. The van der Waals surface area contributed by atoms with Crippen LogP contribution in [0.5, 0.6) is 0 Å². The van der Waals surface area contributed by atoms with E-state index in [4.69, 9.17) is 0 Å². The molecule has 0 saturated heterocycles. The molecule has 0 spiro atoms. The lowest BCUT2D eigenvalue weighted by Gasteiger charge is -2.17. The Bertz CT molecular complexity index is 608. The molecule has 2 rings (SSSR count). The van der Waals surface area contributed by atoms with Gasteiger partial charge in [-0.25, -0.2) is 13.3 Å². The molecular weight excluding hydrogens is 257 g/mol. The molecule has 0 unspecified atom stereocenters. The Hall–Kier alpha value is -1.73. The van der Waals surface area contributed by atoms with Gasteiger partial charge in [-0.1, -0.05) is 12.1 Å². The number of rotatable bonds is 4. The summed E-state index contributed by atoms with van der Waals surface area (Å²) >= 11 is 0. The highest BCUT2D eigenvalue weighted by atomic mass is 32.2. The first-order chi connectivity index (χ1) is 8.50. The van der Waals surface area contributed by atoms with Crippen LogP contribution in [0.15, 0.2) is 43.0 Å². The van der Waals surface area contributed by atoms with E-state index in [-0.39, 0.29) is 12.4 Å². The van der Waals surface area contributed by atoms with Gasteiger partial charge in [0.2, 0.25) is 0 Å². The van der Waals surface area contributed by atoms with Gasteiger partial charge in [-0.3, -0.25) is 0 Å². The Morgan fingerprint density at radius 2 is 2.00 bits per heavy atom. The van der Waals surface area contributed by atoms with Crippen molar-refractivity contribution >= 4 is 10.2 Å². The summed E-state index contributed by atoms with van der Waals surface area (Å²) in [4.78, 5) is 3.70. The second kappa shape index (κ2) is 4.87. The highest BCUT2D eigenvalue weighted by Gasteiger charge is 2.19. The third-order valence-corrected chi connectivity index (χ3v) is 4.12. The van der Waals surface area contributed by atoms with Crippen LogP contribution in [-0.2, 0) is 16.8 Å². The van der Waals surface area contributed by atoms with Crippen LogP contribution in [0.25, 0.3) is 0 Å². The minimum absolute atomic E-state index is 0.167. The van der Waals surface area contributed by atoms with E-state index in [0.29, 0.717) is 5.56 Å². The molecule has 0 fully saturated rings. The van der Waals surface area contributed by atoms with Crippen molar-refractivity contribution in [3.63, 3.8) is 0 Å². The molecule has 2 aromatic rings. The van der Waals surface area contributed by atoms with Gasteiger partial charge in [0.05, 0.1) is 0 Å². The van der Waals surface area contributed by atoms with Crippen molar-refractivity contribution in [2.24, 2.45) is 0 Å². The molecule has 0 aliphatic carbocycles. The minimum atomic E-state index is -3.61. The monoisotopic (exact) mass is 269 g/mol. The highest BCUT2D eigenvalue weighted by Crippen LogP contribution is 2.10. The molecule has 0 radical (unpaired) electrons. The third kappa shape index (κ3) is 2.57. The summed E-state index contributed by atoms with van der Waals surface area (Å²) in [6.45, 7) is 0.167. The third-order valence-electron chi connectivity index (χ3n) is 2.46. The van der Waals surface area contributed by atoms with Crippen LogP contribution in [-0.4, -0.2) is 28.7 Å². The van der Waals surface area contributed by atoms with Gasteiger partial charge in [-0.2, -0.15) is 12.7 Å². The van der Waals surface area contributed by atoms with Gasteiger partial charge in [-0.05, 0) is 17.7 Å². The number of hydrogen-bond acceptors (Lipinski definition) is 3. The standard InChI is InChI=1S/C11H12FN3O2S/c1-14(8-10-2-4-11(12)5-3-10)18(16,17)15-7-6-13-9-15/h2-7,9H,8H2,1H3. The predicted octanol–water partition coefficient (Wildman–Crippen LogP) is 1.25. The van der Waals surface area contributed by atoms with E-state index in [2.05, 4.69) is 4.98 Å². The molecule has 1 aromatic heterocycles. The van der Waals surface area contributed by atoms with Gasteiger partial charge in [0.25, 0.3) is 0 Å². The zero-order chi connectivity index (χ0) is 13.2. The number of halogens is 1. The summed E-state index contributed by atoms with van der Waals surface area (Å²) in [5, 5.41) is 0. The van der Waals surface area contributed by atoms with Gasteiger partial charge in [0.15, 0.2) is 0 Å². The molecule has 0 bridgehead atoms. The number of nitrogens with zero attached hydrogens (tertiary/aromatic N) is 3. The topological polar surface area (TPSA) is 55.2 Å². The smallest absolute Gasteiger partial charge is 0.244 e. The lowest BCUT2D eigenvalue weighted by Crippen LogP contribution is -2.31. The van der Waals surface area contributed by atoms with Gasteiger partial charge in [-0.15, -0.1) is 0 Å². The Kier molecular flexibility index (Phi) is 3.44. The number of aromatic nitrogens is 2. The van der Waals surface area contributed by atoms with E-state index in [9.17, 15) is 12.8 Å². The largest absolute Gasteiger partial charge is 0.308 e. The predicted molar refractivity (Wildman–Crippen MR) is 64.4 cm³/mol. The van der Waals surface area contributed by atoms with Crippen LogP contribution in [0.1, 0.15) is 5.56 Å². The molecular formula is C11H12FN3O2S. The maximum atomic E-state index is 12.7. The second-order valence-electron chi connectivity index (χ2n) is 3.78. The normalized spacial score (nSPS) is 11.9. The van der Waals surface area contributed by atoms with E-state index < -0.39 is 10.2 Å². The molecule has 5 nitrogen and oxygen atoms in total. The van der Waals surface area contributed by atoms with Crippen molar-refractivity contribution in [1.29, 1.82) is 0 Å². The first-order valence-electron chi connectivity index (χ1n) is 5.19. The van der Waals surface area contributed by atoms with Crippen molar-refractivity contribution in [3.8, 4) is 0 Å². The zero-order valence-electron chi connectivity index (χ0n) is 9.69. The second-order valence-corrected chi connectivity index (χ2v) is 5.72. The molecule has 0 aliphatic heterocycles. The zero-order valence-corrected chi connectivity index (χ0v) is 10.5. The number of hydrogen-bond donors (Lipinski definition) is 0. The first kappa shape index (κ1) is 12.7. The van der Waals surface area contributed by atoms with Crippen molar-refractivity contribution in [2.45, 2.75) is 6.54 Å². The summed E-state index contributed by atoms with van der Waals surface area (Å²) in [6.07, 6.45) is 3.97. The average molecular weight is 269 g/mol. The fourth-order valence-electron chi connectivity index (χ4n) is 1.47. The van der Waals surface area contributed by atoms with E-state index in [1.807, 2.05) is 0 Å². The van der Waals surface area contributed by atoms with Crippen LogP contribution in [0.2, 0.25) is 0 Å². The average Bonchev–Trinajstić information content (AvgIpc) is 2.86. The quantitative estimate of drug-likeness (QED) is 0.839. The highest BCUT2D eigenvalue weighted by molar-refractivity contribution is 7.87. The maximum Gasteiger partial charge on any atom is 0.308 e. The summed E-state index contributed by atoms with van der Waals surface area (Å²) in [5.41, 5.74) is 0.711. The summed E-state index contributed by atoms with van der Waals surface area (Å²) in [5.74, 6) is -0.348. The Morgan fingerprint density at radius 1 is 1.33 bits per heavy atom. The lowest BCUT2D eigenvalue weighted by molar-refractivity contribution is 0.458. The van der Waals surface area contributed by atoms with E-state index in [1.54, 1.807) is 12.1 Å². The molecule has 18 heavy (non-hydrogen) atoms. The van der Waals surface area contributed by atoms with Crippen molar-refractivity contribution in [3.05, 3.63) is 54.4 Å². The van der Waals surface area contributed by atoms with Crippen molar-refractivity contribution in [1.82, 2.24) is 13.3 Å². The Balaban J connectivity index is 2.17. The summed E-state index contributed by atoms with van der Waals surface area (Å²) in [6, 6.07) is 5.70. The fraction of sp³-hybridized carbons (Fsp3) is 0.182. The SMILES string of the molecule is CN(Cc1ccc(F)cc1)S(=O)(=O)n1ccnc1. The fourth-order valence-corrected chi connectivity index (χ4v) is 2.49. The molecule has 96 valence electrons. The van der Waals surface area contributed by atoms with Gasteiger partial charge < -0.3 is 0 Å². The molecule has 1 aromatic carbocycles. The van der Waals surface area contributed by atoms with Crippen LogP contribution in [0.3, 0.4) is 0 Å². The Labute approximate surface area is 105 Å². The van der Waals surface area contributed by atoms with Crippen LogP contribution < -0.4 is 0 Å². The van der Waals surface area contributed by atoms with E-state index >= 15 is 0 Å². The maximum absolute atomic E-state index is 12.7. The van der Waals surface area contributed by atoms with Gasteiger partial charge in [0, 0.05) is 26.0 Å². The molecule has 7 heteroatoms. The first-order valence-corrected chi connectivity index (χ1v) is 6.59. The van der Waals surface area contributed by atoms with E-state index in [1.165, 1.54) is 42.2 Å². The van der Waals surface area contributed by atoms with Crippen molar-refractivity contribution in [2.75, 3.05) is 7.05 Å².